The zero-order valence-electron chi connectivity index (χ0n) is 9.85. The van der Waals surface area contributed by atoms with Crippen LogP contribution in [0.5, 0.6) is 0 Å². The summed E-state index contributed by atoms with van der Waals surface area (Å²) in [5, 5.41) is 14.1. The highest BCUT2D eigenvalue weighted by atomic mass is 79.9. The Morgan fingerprint density at radius 3 is 2.37 bits per heavy atom. The van der Waals surface area contributed by atoms with E-state index >= 15 is 0 Å². The van der Waals surface area contributed by atoms with E-state index in [9.17, 15) is 4.79 Å². The number of hydrogen-bond acceptors (Lipinski definition) is 2. The highest BCUT2D eigenvalue weighted by Gasteiger charge is 2.04. The molecule has 0 saturated carbocycles. The van der Waals surface area contributed by atoms with Crippen molar-refractivity contribution in [3.05, 3.63) is 58.6 Å². The Morgan fingerprint density at radius 1 is 1.05 bits per heavy atom. The van der Waals surface area contributed by atoms with Crippen molar-refractivity contribution in [3.8, 4) is 6.07 Å². The Kier molecular flexibility index (Phi) is 4.16. The number of carbonyl (C=O) groups is 1. The Bertz CT molecular complexity index is 632. The molecule has 0 spiro atoms. The van der Waals surface area contributed by atoms with Gasteiger partial charge in [-0.05, 0) is 52.3 Å². The van der Waals surface area contributed by atoms with Crippen LogP contribution in [-0.2, 0) is 0 Å². The van der Waals surface area contributed by atoms with Crippen LogP contribution in [0.2, 0.25) is 0 Å². The molecule has 5 heteroatoms. The number of hydrogen-bond donors (Lipinski definition) is 2. The van der Waals surface area contributed by atoms with Crippen molar-refractivity contribution in [2.24, 2.45) is 0 Å². The molecule has 0 aromatic heterocycles. The maximum Gasteiger partial charge on any atom is 0.323 e. The van der Waals surface area contributed by atoms with E-state index in [1.807, 2.05) is 24.3 Å². The number of urea groups is 1. The molecule has 2 rings (SSSR count). The smallest absolute Gasteiger partial charge is 0.308 e. The number of para-hydroxylation sites is 1. The van der Waals surface area contributed by atoms with Crippen LogP contribution in [0.15, 0.2) is 53.0 Å². The van der Waals surface area contributed by atoms with Gasteiger partial charge >= 0.3 is 6.03 Å². The van der Waals surface area contributed by atoms with Crippen molar-refractivity contribution in [3.63, 3.8) is 0 Å². The lowest BCUT2D eigenvalue weighted by molar-refractivity contribution is 0.262. The largest absolute Gasteiger partial charge is 0.323 e. The van der Waals surface area contributed by atoms with E-state index in [0.717, 1.165) is 4.47 Å². The summed E-state index contributed by atoms with van der Waals surface area (Å²) in [7, 11) is 0. The van der Waals surface area contributed by atoms with Crippen LogP contribution in [0.1, 0.15) is 5.56 Å². The first-order valence-corrected chi connectivity index (χ1v) is 6.31. The Labute approximate surface area is 119 Å². The third kappa shape index (κ3) is 3.57. The van der Waals surface area contributed by atoms with E-state index in [-0.39, 0.29) is 6.03 Å². The molecule has 0 unspecified atom stereocenters. The molecule has 2 aromatic rings. The summed E-state index contributed by atoms with van der Waals surface area (Å²) in [5.41, 5.74) is 1.87. The second-order valence-electron chi connectivity index (χ2n) is 3.75. The van der Waals surface area contributed by atoms with Gasteiger partial charge in [-0.2, -0.15) is 5.26 Å². The molecule has 0 fully saturated rings. The molecule has 0 aliphatic rings. The molecule has 2 aromatic carbocycles. The van der Waals surface area contributed by atoms with E-state index in [0.29, 0.717) is 16.9 Å². The molecule has 0 saturated heterocycles. The number of anilines is 2. The predicted molar refractivity (Wildman–Crippen MR) is 77.9 cm³/mol. The van der Waals surface area contributed by atoms with Gasteiger partial charge in [0.2, 0.25) is 0 Å². The molecule has 0 heterocycles. The van der Waals surface area contributed by atoms with Crippen LogP contribution in [0, 0.1) is 11.3 Å². The summed E-state index contributed by atoms with van der Waals surface area (Å²) in [6, 6.07) is 15.7. The molecule has 4 nitrogen and oxygen atoms in total. The third-order valence-electron chi connectivity index (χ3n) is 2.39. The fourth-order valence-corrected chi connectivity index (χ4v) is 1.86. The second kappa shape index (κ2) is 6.03. The average Bonchev–Trinajstić information content (AvgIpc) is 2.42. The zero-order valence-corrected chi connectivity index (χ0v) is 11.4. The summed E-state index contributed by atoms with van der Waals surface area (Å²) < 4.78 is 0.810. The van der Waals surface area contributed by atoms with Crippen LogP contribution < -0.4 is 10.6 Å². The maximum absolute atomic E-state index is 11.8. The first-order chi connectivity index (χ1) is 9.19. The van der Waals surface area contributed by atoms with E-state index in [4.69, 9.17) is 5.26 Å². The number of carbonyl (C=O) groups excluding carboxylic acids is 1. The van der Waals surface area contributed by atoms with Crippen molar-refractivity contribution in [1.29, 1.82) is 5.26 Å². The number of benzene rings is 2. The van der Waals surface area contributed by atoms with Crippen LogP contribution in [0.4, 0.5) is 16.2 Å². The lowest BCUT2D eigenvalue weighted by Crippen LogP contribution is -2.19. The minimum Gasteiger partial charge on any atom is -0.308 e. The zero-order chi connectivity index (χ0) is 13.7. The molecule has 0 bridgehead atoms. The lowest BCUT2D eigenvalue weighted by Gasteiger charge is -2.08. The van der Waals surface area contributed by atoms with Crippen LogP contribution in [0.25, 0.3) is 0 Å². The van der Waals surface area contributed by atoms with Crippen molar-refractivity contribution in [2.75, 3.05) is 10.6 Å². The van der Waals surface area contributed by atoms with Crippen molar-refractivity contribution < 1.29 is 4.79 Å². The van der Waals surface area contributed by atoms with Crippen LogP contribution in [-0.4, -0.2) is 6.03 Å². The molecule has 0 aliphatic heterocycles. The first kappa shape index (κ1) is 13.1. The molecule has 2 N–H and O–H groups in total. The number of rotatable bonds is 2. The number of halogens is 1. The fraction of sp³-hybridized carbons (Fsp3) is 0. The third-order valence-corrected chi connectivity index (χ3v) is 3.09. The highest BCUT2D eigenvalue weighted by Crippen LogP contribution is 2.21. The molecule has 2 amide bonds. The maximum atomic E-state index is 11.8. The average molecular weight is 316 g/mol. The van der Waals surface area contributed by atoms with Gasteiger partial charge in [0.15, 0.2) is 0 Å². The standard InChI is InChI=1S/C14H10BrN3O/c15-12-3-1-2-4-13(12)18-14(19)17-11-7-5-10(9-16)6-8-11/h1-8H,(H2,17,18,19). The van der Waals surface area contributed by atoms with Gasteiger partial charge in [-0.1, -0.05) is 12.1 Å². The van der Waals surface area contributed by atoms with Crippen molar-refractivity contribution in [2.45, 2.75) is 0 Å². The van der Waals surface area contributed by atoms with Crippen LogP contribution in [0.3, 0.4) is 0 Å². The van der Waals surface area contributed by atoms with Gasteiger partial charge in [0.05, 0.1) is 17.3 Å². The number of nitriles is 1. The number of amides is 2. The summed E-state index contributed by atoms with van der Waals surface area (Å²) in [6.45, 7) is 0. The lowest BCUT2D eigenvalue weighted by atomic mass is 10.2. The van der Waals surface area contributed by atoms with Gasteiger partial charge in [-0.25, -0.2) is 4.79 Å². The van der Waals surface area contributed by atoms with Crippen molar-refractivity contribution >= 4 is 33.3 Å². The Morgan fingerprint density at radius 2 is 1.74 bits per heavy atom. The molecule has 0 aliphatic carbocycles. The topological polar surface area (TPSA) is 64.9 Å². The molecular weight excluding hydrogens is 306 g/mol. The number of nitrogens with one attached hydrogen (secondary N) is 2. The van der Waals surface area contributed by atoms with Gasteiger partial charge in [0.25, 0.3) is 0 Å². The molecule has 0 atom stereocenters. The van der Waals surface area contributed by atoms with Gasteiger partial charge in [-0.3, -0.25) is 0 Å². The molecule has 94 valence electrons. The Balaban J connectivity index is 2.01. The van der Waals surface area contributed by atoms with E-state index in [1.54, 1.807) is 30.3 Å². The quantitative estimate of drug-likeness (QED) is 0.880. The Hall–Kier alpha value is -2.32. The van der Waals surface area contributed by atoms with E-state index in [1.165, 1.54) is 0 Å². The summed E-state index contributed by atoms with van der Waals surface area (Å²) in [6.07, 6.45) is 0. The minimum atomic E-state index is -0.336. The second-order valence-corrected chi connectivity index (χ2v) is 4.60. The van der Waals surface area contributed by atoms with Crippen LogP contribution >= 0.6 is 15.9 Å². The van der Waals surface area contributed by atoms with Gasteiger partial charge in [0, 0.05) is 10.2 Å². The molecular formula is C14H10BrN3O. The normalized spacial score (nSPS) is 9.47. The van der Waals surface area contributed by atoms with Gasteiger partial charge in [0.1, 0.15) is 0 Å². The predicted octanol–water partition coefficient (Wildman–Crippen LogP) is 3.96. The molecule has 19 heavy (non-hydrogen) atoms. The minimum absolute atomic E-state index is 0.336. The SMILES string of the molecule is N#Cc1ccc(NC(=O)Nc2ccccc2Br)cc1. The molecule has 0 radical (unpaired) electrons. The van der Waals surface area contributed by atoms with Crippen molar-refractivity contribution in [1.82, 2.24) is 0 Å². The van der Waals surface area contributed by atoms with Gasteiger partial charge < -0.3 is 10.6 Å². The summed E-state index contributed by atoms with van der Waals surface area (Å²) >= 11 is 3.35. The number of nitrogens with zero attached hydrogens (tertiary/aromatic N) is 1. The van der Waals surface area contributed by atoms with E-state index < -0.39 is 0 Å². The van der Waals surface area contributed by atoms with Gasteiger partial charge in [-0.15, -0.1) is 0 Å². The summed E-state index contributed by atoms with van der Waals surface area (Å²) in [5.74, 6) is 0. The monoisotopic (exact) mass is 315 g/mol. The van der Waals surface area contributed by atoms with E-state index in [2.05, 4.69) is 26.6 Å². The highest BCUT2D eigenvalue weighted by molar-refractivity contribution is 9.10. The first-order valence-electron chi connectivity index (χ1n) is 5.52. The fourth-order valence-electron chi connectivity index (χ4n) is 1.48. The summed E-state index contributed by atoms with van der Waals surface area (Å²) in [4.78, 5) is 11.8.